The fraction of sp³-hybridized carbons (Fsp3) is 0.182. The number of hydrogen-bond acceptors (Lipinski definition) is 1. The highest BCUT2D eigenvalue weighted by Gasteiger charge is 1.98. The minimum absolute atomic E-state index is 0.206. The van der Waals surface area contributed by atoms with Gasteiger partial charge in [0.2, 0.25) is 0 Å². The summed E-state index contributed by atoms with van der Waals surface area (Å²) in [6.07, 6.45) is 4.56. The molecule has 14 heavy (non-hydrogen) atoms. The molecule has 1 heterocycles. The van der Waals surface area contributed by atoms with Crippen molar-refractivity contribution in [2.24, 2.45) is 0 Å². The molecule has 3 heteroatoms. The molecule has 0 bridgehead atoms. The molecule has 0 aliphatic carbocycles. The van der Waals surface area contributed by atoms with E-state index in [1.165, 1.54) is 12.1 Å². The van der Waals surface area contributed by atoms with E-state index in [0.29, 0.717) is 6.54 Å². The number of imidazole rings is 1. The second-order valence-electron chi connectivity index (χ2n) is 3.17. The summed E-state index contributed by atoms with van der Waals surface area (Å²) >= 11 is 0. The Labute approximate surface area is 82.0 Å². The Morgan fingerprint density at radius 3 is 2.64 bits per heavy atom. The van der Waals surface area contributed by atoms with Crippen molar-refractivity contribution in [2.75, 3.05) is 0 Å². The number of nitrogens with zero attached hydrogens (tertiary/aromatic N) is 2. The van der Waals surface area contributed by atoms with Crippen molar-refractivity contribution < 1.29 is 4.39 Å². The number of benzene rings is 1. The molecule has 1 radical (unpaired) electrons. The number of halogens is 1. The minimum atomic E-state index is -0.206. The van der Waals surface area contributed by atoms with Gasteiger partial charge in [-0.3, -0.25) is 0 Å². The van der Waals surface area contributed by atoms with Crippen molar-refractivity contribution in [1.82, 2.24) is 9.55 Å². The van der Waals surface area contributed by atoms with Crippen LogP contribution in [0.2, 0.25) is 0 Å². The molecule has 71 valence electrons. The molecule has 0 spiro atoms. The largest absolute Gasteiger partial charge is 0.330 e. The van der Waals surface area contributed by atoms with Crippen LogP contribution in [0.5, 0.6) is 0 Å². The lowest BCUT2D eigenvalue weighted by atomic mass is 10.2. The van der Waals surface area contributed by atoms with Crippen LogP contribution >= 0.6 is 0 Å². The molecule has 0 unspecified atom stereocenters. The molecule has 2 aromatic rings. The van der Waals surface area contributed by atoms with Gasteiger partial charge in [0.05, 0.1) is 0 Å². The van der Waals surface area contributed by atoms with Crippen LogP contribution in [0, 0.1) is 18.9 Å². The molecule has 0 saturated heterocycles. The molecule has 0 atom stereocenters. The molecule has 0 aliphatic rings. The summed E-state index contributed by atoms with van der Waals surface area (Å²) in [6, 6.07) is 6.47. The van der Waals surface area contributed by atoms with Crippen LogP contribution in [0.15, 0.2) is 30.5 Å². The lowest BCUT2D eigenvalue weighted by Gasteiger charge is -2.04. The van der Waals surface area contributed by atoms with Gasteiger partial charge in [-0.2, -0.15) is 0 Å². The van der Waals surface area contributed by atoms with Crippen LogP contribution < -0.4 is 0 Å². The highest BCUT2D eigenvalue weighted by atomic mass is 19.1. The van der Waals surface area contributed by atoms with Crippen molar-refractivity contribution in [3.63, 3.8) is 0 Å². The quantitative estimate of drug-likeness (QED) is 0.708. The minimum Gasteiger partial charge on any atom is -0.330 e. The molecule has 1 aromatic heterocycles. The Balaban J connectivity index is 2.19. The zero-order valence-electron chi connectivity index (χ0n) is 7.87. The Morgan fingerprint density at radius 2 is 2.07 bits per heavy atom. The number of aryl methyl sites for hydroxylation is 1. The summed E-state index contributed by atoms with van der Waals surface area (Å²) in [5.41, 5.74) is 1.06. The lowest BCUT2D eigenvalue weighted by Crippen LogP contribution is -2.00. The van der Waals surface area contributed by atoms with Gasteiger partial charge in [-0.15, -0.1) is 0 Å². The van der Waals surface area contributed by atoms with Crippen LogP contribution in [0.3, 0.4) is 0 Å². The van der Waals surface area contributed by atoms with Crippen molar-refractivity contribution in [3.05, 3.63) is 53.9 Å². The maximum Gasteiger partial charge on any atom is 0.123 e. The fourth-order valence-corrected chi connectivity index (χ4v) is 1.30. The first-order chi connectivity index (χ1) is 6.75. The van der Waals surface area contributed by atoms with Crippen molar-refractivity contribution in [1.29, 1.82) is 0 Å². The highest BCUT2D eigenvalue weighted by molar-refractivity contribution is 5.16. The van der Waals surface area contributed by atoms with Gasteiger partial charge in [0.1, 0.15) is 17.8 Å². The van der Waals surface area contributed by atoms with Crippen LogP contribution in [-0.4, -0.2) is 9.55 Å². The lowest BCUT2D eigenvalue weighted by molar-refractivity contribution is 0.626. The zero-order chi connectivity index (χ0) is 9.97. The Bertz CT molecular complexity index is 417. The first-order valence-corrected chi connectivity index (χ1v) is 4.40. The number of aromatic nitrogens is 2. The van der Waals surface area contributed by atoms with Crippen LogP contribution in [0.1, 0.15) is 11.4 Å². The van der Waals surface area contributed by atoms with E-state index in [-0.39, 0.29) is 5.82 Å². The zero-order valence-corrected chi connectivity index (χ0v) is 7.87. The number of hydrogen-bond donors (Lipinski definition) is 0. The fourth-order valence-electron chi connectivity index (χ4n) is 1.30. The third-order valence-corrected chi connectivity index (χ3v) is 2.12. The van der Waals surface area contributed by atoms with E-state index in [2.05, 4.69) is 11.2 Å². The van der Waals surface area contributed by atoms with Gasteiger partial charge in [0, 0.05) is 12.7 Å². The maximum atomic E-state index is 12.6. The van der Waals surface area contributed by atoms with Crippen LogP contribution in [0.4, 0.5) is 4.39 Å². The van der Waals surface area contributed by atoms with Gasteiger partial charge in [0.15, 0.2) is 0 Å². The Morgan fingerprint density at radius 1 is 1.36 bits per heavy atom. The summed E-state index contributed by atoms with van der Waals surface area (Å²) in [4.78, 5) is 3.99. The normalized spacial score (nSPS) is 10.4. The summed E-state index contributed by atoms with van der Waals surface area (Å²) in [5, 5.41) is 0. The third-order valence-electron chi connectivity index (χ3n) is 2.12. The monoisotopic (exact) mass is 189 g/mol. The van der Waals surface area contributed by atoms with Crippen LogP contribution in [-0.2, 0) is 6.54 Å². The predicted octanol–water partition coefficient (Wildman–Crippen LogP) is 2.18. The first-order valence-electron chi connectivity index (χ1n) is 4.40. The summed E-state index contributed by atoms with van der Waals surface area (Å²) in [6.45, 7) is 2.63. The topological polar surface area (TPSA) is 17.8 Å². The summed E-state index contributed by atoms with van der Waals surface area (Å²) in [5.74, 6) is 0.706. The van der Waals surface area contributed by atoms with E-state index in [4.69, 9.17) is 0 Å². The Kier molecular flexibility index (Phi) is 2.31. The van der Waals surface area contributed by atoms with Crippen molar-refractivity contribution in [3.8, 4) is 0 Å². The predicted molar refractivity (Wildman–Crippen MR) is 51.3 cm³/mol. The molecule has 1 aromatic carbocycles. The van der Waals surface area contributed by atoms with Gasteiger partial charge >= 0.3 is 0 Å². The van der Waals surface area contributed by atoms with Gasteiger partial charge in [-0.05, 0) is 24.6 Å². The molecular formula is C11H10FN2. The van der Waals surface area contributed by atoms with Crippen LogP contribution in [0.25, 0.3) is 0 Å². The second kappa shape index (κ2) is 3.62. The van der Waals surface area contributed by atoms with Gasteiger partial charge in [-0.25, -0.2) is 9.37 Å². The molecule has 0 N–H and O–H groups in total. The second-order valence-corrected chi connectivity index (χ2v) is 3.17. The van der Waals surface area contributed by atoms with E-state index in [1.807, 2.05) is 11.5 Å². The van der Waals surface area contributed by atoms with Crippen molar-refractivity contribution >= 4 is 0 Å². The SMILES string of the molecule is Cc1n[c]cn1Cc1ccc(F)cc1. The van der Waals surface area contributed by atoms with E-state index in [0.717, 1.165) is 11.4 Å². The smallest absolute Gasteiger partial charge is 0.123 e. The molecule has 0 amide bonds. The maximum absolute atomic E-state index is 12.6. The van der Waals surface area contributed by atoms with E-state index < -0.39 is 0 Å². The molecule has 0 saturated carbocycles. The highest BCUT2D eigenvalue weighted by Crippen LogP contribution is 2.06. The average Bonchev–Trinajstić information content (AvgIpc) is 2.56. The molecular weight excluding hydrogens is 179 g/mol. The average molecular weight is 189 g/mol. The standard InChI is InChI=1S/C11H10FN2/c1-9-13-6-7-14(9)8-10-2-4-11(12)5-3-10/h2-5,7H,8H2,1H3. The number of rotatable bonds is 2. The molecule has 0 aliphatic heterocycles. The molecule has 2 nitrogen and oxygen atoms in total. The molecule has 0 fully saturated rings. The van der Waals surface area contributed by atoms with E-state index in [1.54, 1.807) is 18.3 Å². The summed E-state index contributed by atoms with van der Waals surface area (Å²) in [7, 11) is 0. The van der Waals surface area contributed by atoms with Crippen molar-refractivity contribution in [2.45, 2.75) is 13.5 Å². The third kappa shape index (κ3) is 1.82. The molecule has 2 rings (SSSR count). The van der Waals surface area contributed by atoms with E-state index in [9.17, 15) is 4.39 Å². The first kappa shape index (κ1) is 8.94. The van der Waals surface area contributed by atoms with E-state index >= 15 is 0 Å². The van der Waals surface area contributed by atoms with Gasteiger partial charge < -0.3 is 4.57 Å². The summed E-state index contributed by atoms with van der Waals surface area (Å²) < 4.78 is 14.6. The Hall–Kier alpha value is -1.64. The van der Waals surface area contributed by atoms with Gasteiger partial charge in [-0.1, -0.05) is 12.1 Å². The van der Waals surface area contributed by atoms with Gasteiger partial charge in [0.25, 0.3) is 0 Å².